The van der Waals surface area contributed by atoms with Gasteiger partial charge < -0.3 is 16.2 Å². The second kappa shape index (κ2) is 6.27. The molecule has 110 valence electrons. The molecule has 20 heavy (non-hydrogen) atoms. The van der Waals surface area contributed by atoms with E-state index in [4.69, 9.17) is 5.73 Å². The number of aliphatic hydroxyl groups is 1. The van der Waals surface area contributed by atoms with Crippen LogP contribution in [0.2, 0.25) is 0 Å². The van der Waals surface area contributed by atoms with Crippen LogP contribution in [-0.2, 0) is 0 Å². The predicted octanol–water partition coefficient (Wildman–Crippen LogP) is 2.39. The maximum absolute atomic E-state index is 12.1. The largest absolute Gasteiger partial charge is 0.398 e. The standard InChI is InChI=1S/C16H24N2O2/c1-12-6-7-13(10-14(12)17)15(19)18-11-16(20)8-4-2-3-5-9-16/h6-7,10,20H,2-5,8-9,11,17H2,1H3,(H,18,19). The van der Waals surface area contributed by atoms with E-state index in [1.54, 1.807) is 12.1 Å². The summed E-state index contributed by atoms with van der Waals surface area (Å²) in [7, 11) is 0. The van der Waals surface area contributed by atoms with Crippen molar-refractivity contribution in [3.63, 3.8) is 0 Å². The van der Waals surface area contributed by atoms with Gasteiger partial charge in [-0.3, -0.25) is 4.79 Å². The third kappa shape index (κ3) is 3.73. The molecule has 1 aliphatic carbocycles. The molecule has 0 atom stereocenters. The zero-order chi connectivity index (χ0) is 14.6. The summed E-state index contributed by atoms with van der Waals surface area (Å²) >= 11 is 0. The van der Waals surface area contributed by atoms with Gasteiger partial charge in [0.1, 0.15) is 0 Å². The van der Waals surface area contributed by atoms with Crippen molar-refractivity contribution in [2.75, 3.05) is 12.3 Å². The number of nitrogen functional groups attached to an aromatic ring is 1. The number of anilines is 1. The maximum atomic E-state index is 12.1. The number of nitrogens with two attached hydrogens (primary N) is 1. The van der Waals surface area contributed by atoms with Gasteiger partial charge in [0.05, 0.1) is 5.60 Å². The average molecular weight is 276 g/mol. The number of hydrogen-bond donors (Lipinski definition) is 3. The van der Waals surface area contributed by atoms with Crippen molar-refractivity contribution >= 4 is 11.6 Å². The lowest BCUT2D eigenvalue weighted by Gasteiger charge is -2.26. The molecule has 1 saturated carbocycles. The number of benzene rings is 1. The fourth-order valence-electron chi connectivity index (χ4n) is 2.69. The topological polar surface area (TPSA) is 75.3 Å². The lowest BCUT2D eigenvalue weighted by atomic mass is 9.94. The first-order chi connectivity index (χ1) is 9.50. The quantitative estimate of drug-likeness (QED) is 0.586. The van der Waals surface area contributed by atoms with Crippen LogP contribution in [0.3, 0.4) is 0 Å². The Hall–Kier alpha value is -1.55. The van der Waals surface area contributed by atoms with Gasteiger partial charge >= 0.3 is 0 Å². The van der Waals surface area contributed by atoms with E-state index in [1.807, 2.05) is 13.0 Å². The average Bonchev–Trinajstić information content (AvgIpc) is 2.65. The van der Waals surface area contributed by atoms with Crippen LogP contribution in [0.25, 0.3) is 0 Å². The van der Waals surface area contributed by atoms with E-state index in [0.717, 1.165) is 31.2 Å². The number of carbonyl (C=O) groups is 1. The molecule has 0 unspecified atom stereocenters. The highest BCUT2D eigenvalue weighted by atomic mass is 16.3. The van der Waals surface area contributed by atoms with Gasteiger partial charge in [-0.1, -0.05) is 31.7 Å². The molecule has 1 amide bonds. The molecule has 0 saturated heterocycles. The SMILES string of the molecule is Cc1ccc(C(=O)NCC2(O)CCCCCC2)cc1N. The molecule has 0 aromatic heterocycles. The highest BCUT2D eigenvalue weighted by Gasteiger charge is 2.28. The van der Waals surface area contributed by atoms with Crippen molar-refractivity contribution < 1.29 is 9.90 Å². The van der Waals surface area contributed by atoms with Gasteiger partial charge in [0.15, 0.2) is 0 Å². The summed E-state index contributed by atoms with van der Waals surface area (Å²) in [6.45, 7) is 2.23. The first kappa shape index (κ1) is 14.9. The molecule has 2 rings (SSSR count). The van der Waals surface area contributed by atoms with E-state index in [1.165, 1.54) is 12.8 Å². The minimum Gasteiger partial charge on any atom is -0.398 e. The second-order valence-corrected chi connectivity index (χ2v) is 5.89. The summed E-state index contributed by atoms with van der Waals surface area (Å²) < 4.78 is 0. The Morgan fingerprint density at radius 3 is 2.55 bits per heavy atom. The van der Waals surface area contributed by atoms with Gasteiger partial charge in [0.25, 0.3) is 5.91 Å². The molecule has 1 aliphatic rings. The van der Waals surface area contributed by atoms with E-state index >= 15 is 0 Å². The van der Waals surface area contributed by atoms with Crippen LogP contribution < -0.4 is 11.1 Å². The minimum atomic E-state index is -0.748. The Morgan fingerprint density at radius 2 is 1.95 bits per heavy atom. The lowest BCUT2D eigenvalue weighted by Crippen LogP contribution is -2.42. The summed E-state index contributed by atoms with van der Waals surface area (Å²) in [6.07, 6.45) is 5.94. The molecule has 0 heterocycles. The Kier molecular flexibility index (Phi) is 4.65. The molecule has 4 N–H and O–H groups in total. The van der Waals surface area contributed by atoms with Crippen LogP contribution in [0.4, 0.5) is 5.69 Å². The molecule has 0 bridgehead atoms. The van der Waals surface area contributed by atoms with E-state index in [9.17, 15) is 9.90 Å². The number of nitrogens with one attached hydrogen (secondary N) is 1. The van der Waals surface area contributed by atoms with Crippen LogP contribution in [0.5, 0.6) is 0 Å². The molecule has 1 aromatic rings. The Morgan fingerprint density at radius 1 is 1.30 bits per heavy atom. The predicted molar refractivity (Wildman–Crippen MR) is 80.6 cm³/mol. The third-order valence-corrected chi connectivity index (χ3v) is 4.15. The molecule has 0 spiro atoms. The smallest absolute Gasteiger partial charge is 0.251 e. The van der Waals surface area contributed by atoms with E-state index in [2.05, 4.69) is 5.32 Å². The van der Waals surface area contributed by atoms with Crippen molar-refractivity contribution in [2.24, 2.45) is 0 Å². The molecule has 4 heteroatoms. The van der Waals surface area contributed by atoms with Crippen molar-refractivity contribution in [1.29, 1.82) is 0 Å². The third-order valence-electron chi connectivity index (χ3n) is 4.15. The van der Waals surface area contributed by atoms with Gasteiger partial charge in [-0.25, -0.2) is 0 Å². The van der Waals surface area contributed by atoms with Crippen LogP contribution >= 0.6 is 0 Å². The number of carbonyl (C=O) groups excluding carboxylic acids is 1. The van der Waals surface area contributed by atoms with Crippen molar-refractivity contribution in [2.45, 2.75) is 51.0 Å². The Labute approximate surface area is 120 Å². The number of amides is 1. The zero-order valence-corrected chi connectivity index (χ0v) is 12.1. The monoisotopic (exact) mass is 276 g/mol. The number of hydrogen-bond acceptors (Lipinski definition) is 3. The fourth-order valence-corrected chi connectivity index (χ4v) is 2.69. The second-order valence-electron chi connectivity index (χ2n) is 5.89. The van der Waals surface area contributed by atoms with Gasteiger partial charge in [0.2, 0.25) is 0 Å². The van der Waals surface area contributed by atoms with Crippen LogP contribution in [0.15, 0.2) is 18.2 Å². The van der Waals surface area contributed by atoms with Gasteiger partial charge in [0, 0.05) is 17.8 Å². The molecule has 4 nitrogen and oxygen atoms in total. The van der Waals surface area contributed by atoms with E-state index in [0.29, 0.717) is 17.8 Å². The highest BCUT2D eigenvalue weighted by Crippen LogP contribution is 2.26. The summed E-state index contributed by atoms with van der Waals surface area (Å²) in [5, 5.41) is 13.3. The van der Waals surface area contributed by atoms with Gasteiger partial charge in [-0.05, 0) is 37.5 Å². The number of aryl methyl sites for hydroxylation is 1. The summed E-state index contributed by atoms with van der Waals surface area (Å²) in [4.78, 5) is 12.1. The molecular weight excluding hydrogens is 252 g/mol. The van der Waals surface area contributed by atoms with Gasteiger partial charge in [-0.2, -0.15) is 0 Å². The van der Waals surface area contributed by atoms with E-state index in [-0.39, 0.29) is 5.91 Å². The van der Waals surface area contributed by atoms with Crippen molar-refractivity contribution in [3.05, 3.63) is 29.3 Å². The summed E-state index contributed by atoms with van der Waals surface area (Å²) in [5.41, 5.74) is 7.19. The van der Waals surface area contributed by atoms with Crippen LogP contribution in [0, 0.1) is 6.92 Å². The molecule has 1 fully saturated rings. The molecule has 1 aromatic carbocycles. The van der Waals surface area contributed by atoms with E-state index < -0.39 is 5.60 Å². The van der Waals surface area contributed by atoms with Gasteiger partial charge in [-0.15, -0.1) is 0 Å². The van der Waals surface area contributed by atoms with Crippen LogP contribution in [0.1, 0.15) is 54.4 Å². The normalized spacial score (nSPS) is 18.3. The zero-order valence-electron chi connectivity index (χ0n) is 12.1. The Balaban J connectivity index is 1.95. The fraction of sp³-hybridized carbons (Fsp3) is 0.562. The summed E-state index contributed by atoms with van der Waals surface area (Å²) in [5.74, 6) is -0.172. The first-order valence-electron chi connectivity index (χ1n) is 7.37. The molecule has 0 aliphatic heterocycles. The minimum absolute atomic E-state index is 0.172. The maximum Gasteiger partial charge on any atom is 0.251 e. The lowest BCUT2D eigenvalue weighted by molar-refractivity contribution is 0.0246. The first-order valence-corrected chi connectivity index (χ1v) is 7.37. The highest BCUT2D eigenvalue weighted by molar-refractivity contribution is 5.95. The number of rotatable bonds is 3. The Bertz CT molecular complexity index is 477. The molecular formula is C16H24N2O2. The van der Waals surface area contributed by atoms with Crippen LogP contribution in [-0.4, -0.2) is 23.2 Å². The van der Waals surface area contributed by atoms with Crippen molar-refractivity contribution in [3.8, 4) is 0 Å². The molecule has 0 radical (unpaired) electrons. The van der Waals surface area contributed by atoms with Crippen molar-refractivity contribution in [1.82, 2.24) is 5.32 Å². The summed E-state index contributed by atoms with van der Waals surface area (Å²) in [6, 6.07) is 5.28.